The molecule has 0 aliphatic heterocycles. The smallest absolute Gasteiger partial charge is 0.266 e. The number of rotatable bonds is 10. The molecule has 0 radical (unpaired) electrons. The lowest BCUT2D eigenvalue weighted by Gasteiger charge is -2.08. The van der Waals surface area contributed by atoms with Crippen LogP contribution in [0.2, 0.25) is 0 Å². The number of anilines is 2. The van der Waals surface area contributed by atoms with Crippen LogP contribution in [0.1, 0.15) is 11.1 Å². The Kier molecular flexibility index (Phi) is 10.1. The minimum absolute atomic E-state index is 0.119. The Bertz CT molecular complexity index is 2390. The van der Waals surface area contributed by atoms with Gasteiger partial charge in [0.05, 0.1) is 22.8 Å². The van der Waals surface area contributed by atoms with E-state index in [-0.39, 0.29) is 11.1 Å². The van der Waals surface area contributed by atoms with E-state index in [1.807, 2.05) is 133 Å². The molecule has 7 aromatic rings. The highest BCUT2D eigenvalue weighted by Gasteiger charge is 2.17. The Morgan fingerprint density at radius 2 is 0.833 bits per heavy atom. The molecule has 2 N–H and O–H groups in total. The Balaban J connectivity index is 1.08. The SMILES string of the molecule is N#C/C(=C\c1cn(-c2ccccc2)nc1-c1ccccc1)C(=O)Nc1ccc(NC(=O)/C(C#N)=C/c2cn(-c3ccccc3)nc2-c2ccccc2)cc1. The van der Waals surface area contributed by atoms with E-state index in [9.17, 15) is 20.1 Å². The van der Waals surface area contributed by atoms with Gasteiger partial charge in [0.25, 0.3) is 11.8 Å². The van der Waals surface area contributed by atoms with Gasteiger partial charge >= 0.3 is 0 Å². The van der Waals surface area contributed by atoms with Gasteiger partial charge in [0.1, 0.15) is 23.3 Å². The minimum Gasteiger partial charge on any atom is -0.321 e. The normalized spacial score (nSPS) is 11.3. The Hall–Kier alpha value is -8.08. The van der Waals surface area contributed by atoms with Gasteiger partial charge in [-0.25, -0.2) is 9.36 Å². The largest absolute Gasteiger partial charge is 0.321 e. The molecule has 0 aliphatic rings. The van der Waals surface area contributed by atoms with Gasteiger partial charge in [-0.1, -0.05) is 97.1 Å². The number of carbonyl (C=O) groups excluding carboxylic acids is 2. The van der Waals surface area contributed by atoms with E-state index in [1.54, 1.807) is 46.0 Å². The standard InChI is InChI=1S/C44H30N8O2/c45-27-33(25-35-29-51(39-17-9-3-10-18-39)49-41(35)31-13-5-1-6-14-31)43(53)47-37-21-23-38(24-22-37)48-44(54)34(28-46)26-36-30-52(40-19-11-4-12-20-40)50-42(36)32-15-7-2-8-16-32/h1-26,29-30H,(H,47,53)(H,48,54)/b33-25+,34-26+. The molecule has 258 valence electrons. The fraction of sp³-hybridized carbons (Fsp3) is 0. The van der Waals surface area contributed by atoms with Crippen LogP contribution in [0.25, 0.3) is 46.0 Å². The molecule has 54 heavy (non-hydrogen) atoms. The summed E-state index contributed by atoms with van der Waals surface area (Å²) in [5, 5.41) is 35.0. The summed E-state index contributed by atoms with van der Waals surface area (Å²) < 4.78 is 3.42. The fourth-order valence-corrected chi connectivity index (χ4v) is 5.69. The third kappa shape index (κ3) is 7.79. The van der Waals surface area contributed by atoms with Crippen molar-refractivity contribution in [1.82, 2.24) is 19.6 Å². The van der Waals surface area contributed by atoms with Gasteiger partial charge in [0.15, 0.2) is 0 Å². The summed E-state index contributed by atoms with van der Waals surface area (Å²) in [6.07, 6.45) is 6.59. The predicted molar refractivity (Wildman–Crippen MR) is 209 cm³/mol. The highest BCUT2D eigenvalue weighted by Crippen LogP contribution is 2.28. The Labute approximate surface area is 311 Å². The predicted octanol–water partition coefficient (Wildman–Crippen LogP) is 8.48. The van der Waals surface area contributed by atoms with Gasteiger partial charge in [-0.3, -0.25) is 9.59 Å². The van der Waals surface area contributed by atoms with Gasteiger partial charge in [-0.05, 0) is 60.7 Å². The number of para-hydroxylation sites is 2. The van der Waals surface area contributed by atoms with E-state index in [0.717, 1.165) is 22.5 Å². The molecular formula is C44H30N8O2. The van der Waals surface area contributed by atoms with E-state index in [2.05, 4.69) is 10.6 Å². The molecule has 0 bridgehead atoms. The van der Waals surface area contributed by atoms with Crippen molar-refractivity contribution in [2.75, 3.05) is 10.6 Å². The van der Waals surface area contributed by atoms with Crippen molar-refractivity contribution in [2.24, 2.45) is 0 Å². The number of nitrogens with one attached hydrogen (secondary N) is 2. The number of hydrogen-bond donors (Lipinski definition) is 2. The lowest BCUT2D eigenvalue weighted by molar-refractivity contribution is -0.113. The molecule has 10 heteroatoms. The van der Waals surface area contributed by atoms with Gasteiger partial charge in [0, 0.05) is 46.0 Å². The summed E-state index contributed by atoms with van der Waals surface area (Å²) in [5.41, 5.74) is 6.33. The van der Waals surface area contributed by atoms with Crippen LogP contribution in [0, 0.1) is 22.7 Å². The van der Waals surface area contributed by atoms with E-state index in [1.165, 1.54) is 12.2 Å². The first-order valence-corrected chi connectivity index (χ1v) is 16.9. The van der Waals surface area contributed by atoms with Crippen LogP contribution in [0.15, 0.2) is 169 Å². The summed E-state index contributed by atoms with van der Waals surface area (Å²) in [4.78, 5) is 26.6. The summed E-state index contributed by atoms with van der Waals surface area (Å²) in [7, 11) is 0. The molecule has 2 amide bonds. The quantitative estimate of drug-likeness (QED) is 0.108. The van der Waals surface area contributed by atoms with E-state index in [4.69, 9.17) is 10.2 Å². The average molecular weight is 703 g/mol. The van der Waals surface area contributed by atoms with Crippen LogP contribution in [0.3, 0.4) is 0 Å². The maximum atomic E-state index is 13.3. The Morgan fingerprint density at radius 1 is 0.500 bits per heavy atom. The van der Waals surface area contributed by atoms with Crippen LogP contribution >= 0.6 is 0 Å². The zero-order valence-corrected chi connectivity index (χ0v) is 28.7. The molecule has 0 atom stereocenters. The number of nitrogens with zero attached hydrogens (tertiary/aromatic N) is 6. The summed E-state index contributed by atoms with van der Waals surface area (Å²) in [5.74, 6) is -1.22. The summed E-state index contributed by atoms with van der Waals surface area (Å²) in [6.45, 7) is 0. The maximum absolute atomic E-state index is 13.3. The molecular weight excluding hydrogens is 673 g/mol. The van der Waals surface area contributed by atoms with E-state index in [0.29, 0.717) is 33.9 Å². The van der Waals surface area contributed by atoms with Crippen molar-refractivity contribution in [3.05, 3.63) is 180 Å². The molecule has 5 aromatic carbocycles. The molecule has 0 spiro atoms. The van der Waals surface area contributed by atoms with Crippen molar-refractivity contribution >= 4 is 35.3 Å². The first-order chi connectivity index (χ1) is 26.5. The van der Waals surface area contributed by atoms with Crippen molar-refractivity contribution in [3.63, 3.8) is 0 Å². The van der Waals surface area contributed by atoms with Gasteiger partial charge in [0.2, 0.25) is 0 Å². The molecule has 0 fully saturated rings. The third-order valence-electron chi connectivity index (χ3n) is 8.35. The lowest BCUT2D eigenvalue weighted by atomic mass is 10.1. The monoisotopic (exact) mass is 702 g/mol. The Morgan fingerprint density at radius 3 is 1.17 bits per heavy atom. The van der Waals surface area contributed by atoms with Crippen LogP contribution in [0.5, 0.6) is 0 Å². The second-order valence-electron chi connectivity index (χ2n) is 12.0. The highest BCUT2D eigenvalue weighted by molar-refractivity contribution is 6.11. The van der Waals surface area contributed by atoms with E-state index < -0.39 is 11.8 Å². The second kappa shape index (κ2) is 15.9. The molecule has 2 heterocycles. The molecule has 0 saturated carbocycles. The van der Waals surface area contributed by atoms with Gasteiger partial charge in [-0.15, -0.1) is 0 Å². The fourth-order valence-electron chi connectivity index (χ4n) is 5.69. The first kappa shape index (κ1) is 34.4. The van der Waals surface area contributed by atoms with Crippen molar-refractivity contribution < 1.29 is 9.59 Å². The zero-order valence-electron chi connectivity index (χ0n) is 28.7. The number of amides is 2. The first-order valence-electron chi connectivity index (χ1n) is 16.9. The van der Waals surface area contributed by atoms with Crippen LogP contribution in [0.4, 0.5) is 11.4 Å². The summed E-state index contributed by atoms with van der Waals surface area (Å²) in [6, 6.07) is 48.6. The van der Waals surface area contributed by atoms with Crippen LogP contribution in [-0.4, -0.2) is 31.4 Å². The number of nitriles is 2. The zero-order chi connectivity index (χ0) is 37.3. The van der Waals surface area contributed by atoms with Gasteiger partial charge in [-0.2, -0.15) is 20.7 Å². The van der Waals surface area contributed by atoms with Crippen LogP contribution in [-0.2, 0) is 9.59 Å². The number of aromatic nitrogens is 4. The van der Waals surface area contributed by atoms with Crippen molar-refractivity contribution in [3.8, 4) is 46.0 Å². The lowest BCUT2D eigenvalue weighted by Crippen LogP contribution is -2.15. The molecule has 10 nitrogen and oxygen atoms in total. The number of carbonyl (C=O) groups is 2. The maximum Gasteiger partial charge on any atom is 0.266 e. The summed E-state index contributed by atoms with van der Waals surface area (Å²) >= 11 is 0. The second-order valence-corrected chi connectivity index (χ2v) is 12.0. The van der Waals surface area contributed by atoms with Crippen LogP contribution < -0.4 is 10.6 Å². The average Bonchev–Trinajstić information content (AvgIpc) is 3.86. The van der Waals surface area contributed by atoms with Gasteiger partial charge < -0.3 is 10.6 Å². The number of hydrogen-bond acceptors (Lipinski definition) is 6. The molecule has 0 unspecified atom stereocenters. The topological polar surface area (TPSA) is 141 Å². The molecule has 0 saturated heterocycles. The van der Waals surface area contributed by atoms with E-state index >= 15 is 0 Å². The molecule has 0 aliphatic carbocycles. The third-order valence-corrected chi connectivity index (χ3v) is 8.35. The molecule has 7 rings (SSSR count). The van der Waals surface area contributed by atoms with Crippen molar-refractivity contribution in [1.29, 1.82) is 10.5 Å². The number of benzene rings is 5. The minimum atomic E-state index is -0.610. The van der Waals surface area contributed by atoms with Crippen molar-refractivity contribution in [2.45, 2.75) is 0 Å². The molecule has 2 aromatic heterocycles. The highest BCUT2D eigenvalue weighted by atomic mass is 16.2.